The molecule has 0 saturated heterocycles. The molecule has 1 fully saturated rings. The number of hydrogen-bond donors (Lipinski definition) is 1. The smallest absolute Gasteiger partial charge is 0.319 e. The highest BCUT2D eigenvalue weighted by molar-refractivity contribution is 6.04. The maximum absolute atomic E-state index is 13.6. The van der Waals surface area contributed by atoms with Crippen LogP contribution in [0.25, 0.3) is 0 Å². The van der Waals surface area contributed by atoms with Gasteiger partial charge in [-0.2, -0.15) is 18.3 Å². The minimum Gasteiger partial charge on any atom is -0.319 e. The van der Waals surface area contributed by atoms with Gasteiger partial charge in [-0.3, -0.25) is 14.5 Å². The SMILES string of the molecule is Cc1cncc(NC(=O)c2c(C(F)(F)F)c(C)nn2CC2CCC(F)(F)C2)c1. The molecule has 1 aliphatic carbocycles. The van der Waals surface area contributed by atoms with Crippen molar-refractivity contribution in [1.29, 1.82) is 0 Å². The molecule has 0 spiro atoms. The Morgan fingerprint density at radius 2 is 2.04 bits per heavy atom. The van der Waals surface area contributed by atoms with Crippen LogP contribution in [0, 0.1) is 19.8 Å². The van der Waals surface area contributed by atoms with Gasteiger partial charge in [-0.15, -0.1) is 0 Å². The zero-order valence-corrected chi connectivity index (χ0v) is 15.3. The van der Waals surface area contributed by atoms with Gasteiger partial charge in [-0.05, 0) is 37.8 Å². The van der Waals surface area contributed by atoms with E-state index in [4.69, 9.17) is 0 Å². The summed E-state index contributed by atoms with van der Waals surface area (Å²) in [6, 6.07) is 1.56. The summed E-state index contributed by atoms with van der Waals surface area (Å²) in [6.07, 6.45) is -2.55. The van der Waals surface area contributed by atoms with E-state index in [9.17, 15) is 26.7 Å². The second-order valence-corrected chi connectivity index (χ2v) is 7.16. The normalized spacial score (nSPS) is 19.0. The first-order valence-electron chi connectivity index (χ1n) is 8.72. The summed E-state index contributed by atoms with van der Waals surface area (Å²) in [5.41, 5.74) is -1.26. The molecule has 0 aliphatic heterocycles. The van der Waals surface area contributed by atoms with Crippen molar-refractivity contribution in [1.82, 2.24) is 14.8 Å². The molecule has 2 aromatic heterocycles. The first kappa shape index (κ1) is 20.2. The van der Waals surface area contributed by atoms with Gasteiger partial charge in [0.1, 0.15) is 11.3 Å². The van der Waals surface area contributed by atoms with Gasteiger partial charge < -0.3 is 5.32 Å². The van der Waals surface area contributed by atoms with Crippen LogP contribution >= 0.6 is 0 Å². The quantitative estimate of drug-likeness (QED) is 0.761. The standard InChI is InChI=1S/C18H19F5N4O/c1-10-5-13(8-24-7-10)25-16(28)15-14(18(21,22)23)11(2)26-27(15)9-12-3-4-17(19,20)6-12/h5,7-8,12H,3-4,6,9H2,1-2H3,(H,25,28). The number of hydrogen-bond acceptors (Lipinski definition) is 3. The molecule has 0 bridgehead atoms. The Balaban J connectivity index is 1.95. The molecule has 1 saturated carbocycles. The zero-order valence-electron chi connectivity index (χ0n) is 15.3. The number of pyridine rings is 1. The molecule has 152 valence electrons. The van der Waals surface area contributed by atoms with Gasteiger partial charge in [0, 0.05) is 25.6 Å². The topological polar surface area (TPSA) is 59.8 Å². The van der Waals surface area contributed by atoms with E-state index >= 15 is 0 Å². The number of nitrogens with one attached hydrogen (secondary N) is 1. The van der Waals surface area contributed by atoms with Crippen molar-refractivity contribution in [3.63, 3.8) is 0 Å². The lowest BCUT2D eigenvalue weighted by molar-refractivity contribution is -0.138. The van der Waals surface area contributed by atoms with Gasteiger partial charge >= 0.3 is 6.18 Å². The van der Waals surface area contributed by atoms with Crippen LogP contribution in [0.5, 0.6) is 0 Å². The third kappa shape index (κ3) is 4.31. The monoisotopic (exact) mass is 402 g/mol. The van der Waals surface area contributed by atoms with Gasteiger partial charge in [0.15, 0.2) is 0 Å². The molecule has 28 heavy (non-hydrogen) atoms. The number of rotatable bonds is 4. The lowest BCUT2D eigenvalue weighted by Gasteiger charge is -2.15. The highest BCUT2D eigenvalue weighted by Crippen LogP contribution is 2.41. The summed E-state index contributed by atoms with van der Waals surface area (Å²) in [5, 5.41) is 6.24. The number of carbonyl (C=O) groups is 1. The maximum Gasteiger partial charge on any atom is 0.420 e. The third-order valence-electron chi connectivity index (χ3n) is 4.70. The summed E-state index contributed by atoms with van der Waals surface area (Å²) in [5.74, 6) is -4.40. The van der Waals surface area contributed by atoms with Crippen molar-refractivity contribution in [2.45, 2.75) is 51.8 Å². The number of alkyl halides is 5. The molecule has 1 atom stereocenters. The van der Waals surface area contributed by atoms with E-state index in [1.165, 1.54) is 12.4 Å². The van der Waals surface area contributed by atoms with E-state index in [2.05, 4.69) is 15.4 Å². The van der Waals surface area contributed by atoms with E-state index in [-0.39, 0.29) is 30.8 Å². The lowest BCUT2D eigenvalue weighted by atomic mass is 10.1. The van der Waals surface area contributed by atoms with Crippen LogP contribution in [-0.2, 0) is 12.7 Å². The maximum atomic E-state index is 13.6. The number of amides is 1. The fraction of sp³-hybridized carbons (Fsp3) is 0.500. The molecule has 1 amide bonds. The predicted molar refractivity (Wildman–Crippen MR) is 91.2 cm³/mol. The van der Waals surface area contributed by atoms with Crippen LogP contribution in [0.3, 0.4) is 0 Å². The largest absolute Gasteiger partial charge is 0.420 e. The van der Waals surface area contributed by atoms with Crippen molar-refractivity contribution < 1.29 is 26.7 Å². The molecule has 3 rings (SSSR count). The summed E-state index contributed by atoms with van der Waals surface area (Å²) >= 11 is 0. The van der Waals surface area contributed by atoms with Gasteiger partial charge in [0.05, 0.1) is 17.6 Å². The van der Waals surface area contributed by atoms with E-state index < -0.39 is 41.6 Å². The molecular weight excluding hydrogens is 383 g/mol. The molecule has 5 nitrogen and oxygen atoms in total. The first-order chi connectivity index (χ1) is 13.0. The second-order valence-electron chi connectivity index (χ2n) is 7.16. The van der Waals surface area contributed by atoms with Crippen LogP contribution in [0.4, 0.5) is 27.6 Å². The van der Waals surface area contributed by atoms with E-state index in [1.807, 2.05) is 0 Å². The molecule has 10 heteroatoms. The van der Waals surface area contributed by atoms with Gasteiger partial charge in [0.2, 0.25) is 5.92 Å². The molecular formula is C18H19F5N4O. The molecule has 1 aliphatic rings. The van der Waals surface area contributed by atoms with Crippen molar-refractivity contribution in [2.75, 3.05) is 5.32 Å². The number of halogens is 5. The van der Waals surface area contributed by atoms with E-state index in [1.54, 1.807) is 13.0 Å². The van der Waals surface area contributed by atoms with Gasteiger partial charge in [-0.1, -0.05) is 0 Å². The molecule has 0 radical (unpaired) electrons. The van der Waals surface area contributed by atoms with Crippen molar-refractivity contribution in [2.24, 2.45) is 5.92 Å². The van der Waals surface area contributed by atoms with Crippen LogP contribution in [0.15, 0.2) is 18.5 Å². The number of nitrogens with zero attached hydrogens (tertiary/aromatic N) is 3. The molecule has 1 unspecified atom stereocenters. The number of anilines is 1. The van der Waals surface area contributed by atoms with Crippen LogP contribution in [0.1, 0.15) is 46.6 Å². The van der Waals surface area contributed by atoms with Crippen LogP contribution < -0.4 is 5.32 Å². The average molecular weight is 402 g/mol. The summed E-state index contributed by atoms with van der Waals surface area (Å²) in [7, 11) is 0. The summed E-state index contributed by atoms with van der Waals surface area (Å²) < 4.78 is 68.5. The Morgan fingerprint density at radius 1 is 1.32 bits per heavy atom. The fourth-order valence-corrected chi connectivity index (χ4v) is 3.54. The predicted octanol–water partition coefficient (Wildman–Crippen LogP) is 4.60. The number of carbonyl (C=O) groups excluding carboxylic acids is 1. The summed E-state index contributed by atoms with van der Waals surface area (Å²) in [4.78, 5) is 16.6. The molecule has 0 aromatic carbocycles. The third-order valence-corrected chi connectivity index (χ3v) is 4.70. The van der Waals surface area contributed by atoms with Gasteiger partial charge in [-0.25, -0.2) is 8.78 Å². The zero-order chi connectivity index (χ0) is 20.7. The Hall–Kier alpha value is -2.52. The molecule has 1 N–H and O–H groups in total. The van der Waals surface area contributed by atoms with Crippen LogP contribution in [0.2, 0.25) is 0 Å². The molecule has 2 heterocycles. The Bertz CT molecular complexity index is 891. The first-order valence-corrected chi connectivity index (χ1v) is 8.72. The average Bonchev–Trinajstić information content (AvgIpc) is 3.06. The lowest BCUT2D eigenvalue weighted by Crippen LogP contribution is -2.24. The van der Waals surface area contributed by atoms with Gasteiger partial charge in [0.25, 0.3) is 5.91 Å². The number of aromatic nitrogens is 3. The van der Waals surface area contributed by atoms with E-state index in [0.29, 0.717) is 5.56 Å². The Kier molecular flexibility index (Phi) is 5.16. The summed E-state index contributed by atoms with van der Waals surface area (Å²) in [6.45, 7) is 2.69. The highest BCUT2D eigenvalue weighted by Gasteiger charge is 2.43. The van der Waals surface area contributed by atoms with Crippen LogP contribution in [-0.4, -0.2) is 26.6 Å². The molecule has 2 aromatic rings. The van der Waals surface area contributed by atoms with E-state index in [0.717, 1.165) is 11.6 Å². The number of aryl methyl sites for hydroxylation is 2. The minimum absolute atomic E-state index is 0.163. The fourth-order valence-electron chi connectivity index (χ4n) is 3.54. The minimum atomic E-state index is -4.81. The van der Waals surface area contributed by atoms with Crippen molar-refractivity contribution in [3.05, 3.63) is 41.0 Å². The van der Waals surface area contributed by atoms with Crippen molar-refractivity contribution in [3.8, 4) is 0 Å². The highest BCUT2D eigenvalue weighted by atomic mass is 19.4. The Labute approximate surface area is 157 Å². The second kappa shape index (κ2) is 7.14. The Morgan fingerprint density at radius 3 is 2.61 bits per heavy atom. The van der Waals surface area contributed by atoms with Crippen molar-refractivity contribution >= 4 is 11.6 Å².